The van der Waals surface area contributed by atoms with Gasteiger partial charge in [-0.05, 0) is 37.0 Å². The highest BCUT2D eigenvalue weighted by molar-refractivity contribution is 5.71. The maximum absolute atomic E-state index is 12.6. The molecule has 0 rings (SSSR count). The van der Waals surface area contributed by atoms with Crippen LogP contribution in [0, 0.1) is 17.8 Å². The summed E-state index contributed by atoms with van der Waals surface area (Å²) >= 11 is 0. The summed E-state index contributed by atoms with van der Waals surface area (Å²) in [4.78, 5) is 37.5. The lowest BCUT2D eigenvalue weighted by atomic mass is 10.00. The average Bonchev–Trinajstić information content (AvgIpc) is 3.05. The Morgan fingerprint density at radius 2 is 0.729 bits per heavy atom. The fraction of sp³-hybridized carbons (Fsp3) is 0.929. The van der Waals surface area contributed by atoms with Crippen LogP contribution in [0.25, 0.3) is 0 Å². The van der Waals surface area contributed by atoms with E-state index in [9.17, 15) is 14.4 Å². The Morgan fingerprint density at radius 3 is 1.08 bits per heavy atom. The van der Waals surface area contributed by atoms with Gasteiger partial charge in [0.1, 0.15) is 13.2 Å². The monoisotopic (exact) mass is 681 g/mol. The van der Waals surface area contributed by atoms with Gasteiger partial charge in [-0.1, -0.05) is 176 Å². The zero-order valence-electron chi connectivity index (χ0n) is 32.8. The fourth-order valence-electron chi connectivity index (χ4n) is 5.96. The van der Waals surface area contributed by atoms with Gasteiger partial charge in [0.2, 0.25) is 0 Å². The molecule has 0 amide bonds. The predicted octanol–water partition coefficient (Wildman–Crippen LogP) is 12.5. The van der Waals surface area contributed by atoms with Crippen molar-refractivity contribution in [3.8, 4) is 0 Å². The number of unbranched alkanes of at least 4 members (excludes halogenated alkanes) is 17. The Hall–Kier alpha value is -1.59. The molecule has 2 atom stereocenters. The lowest BCUT2D eigenvalue weighted by molar-refractivity contribution is -0.167. The molecule has 48 heavy (non-hydrogen) atoms. The van der Waals surface area contributed by atoms with Crippen molar-refractivity contribution in [2.24, 2.45) is 17.8 Å². The highest BCUT2D eigenvalue weighted by Gasteiger charge is 2.19. The van der Waals surface area contributed by atoms with Gasteiger partial charge >= 0.3 is 17.9 Å². The third kappa shape index (κ3) is 34.3. The van der Waals surface area contributed by atoms with E-state index < -0.39 is 6.10 Å². The molecule has 0 aliphatic carbocycles. The molecule has 0 saturated carbocycles. The van der Waals surface area contributed by atoms with Gasteiger partial charge in [0.15, 0.2) is 6.10 Å². The van der Waals surface area contributed by atoms with E-state index in [0.29, 0.717) is 19.3 Å². The molecule has 0 aromatic rings. The summed E-state index contributed by atoms with van der Waals surface area (Å²) in [6.45, 7) is 13.5. The topological polar surface area (TPSA) is 78.9 Å². The zero-order valence-corrected chi connectivity index (χ0v) is 32.8. The number of ether oxygens (including phenoxy) is 3. The second-order valence-electron chi connectivity index (χ2n) is 15.5. The molecule has 0 aliphatic heterocycles. The zero-order chi connectivity index (χ0) is 35.7. The first-order valence-electron chi connectivity index (χ1n) is 20.6. The Labute approximate surface area is 298 Å². The van der Waals surface area contributed by atoms with Gasteiger partial charge < -0.3 is 14.2 Å². The van der Waals surface area contributed by atoms with Crippen LogP contribution in [0.15, 0.2) is 0 Å². The fourth-order valence-corrected chi connectivity index (χ4v) is 5.96. The van der Waals surface area contributed by atoms with Crippen molar-refractivity contribution < 1.29 is 28.6 Å². The molecule has 0 aromatic heterocycles. The summed E-state index contributed by atoms with van der Waals surface area (Å²) in [5, 5.41) is 0. The van der Waals surface area contributed by atoms with Gasteiger partial charge in [0.05, 0.1) is 0 Å². The van der Waals surface area contributed by atoms with Crippen LogP contribution in [-0.4, -0.2) is 37.2 Å². The molecule has 0 N–H and O–H groups in total. The molecule has 284 valence electrons. The van der Waals surface area contributed by atoms with Gasteiger partial charge in [-0.3, -0.25) is 14.4 Å². The Morgan fingerprint density at radius 1 is 0.417 bits per heavy atom. The van der Waals surface area contributed by atoms with E-state index in [-0.39, 0.29) is 31.1 Å². The van der Waals surface area contributed by atoms with E-state index in [4.69, 9.17) is 14.2 Å². The van der Waals surface area contributed by atoms with Crippen LogP contribution < -0.4 is 0 Å². The Bertz CT molecular complexity index is 748. The Kier molecular flexibility index (Phi) is 32.8. The smallest absolute Gasteiger partial charge is 0.306 e. The van der Waals surface area contributed by atoms with Crippen LogP contribution in [0.2, 0.25) is 0 Å². The number of hydrogen-bond donors (Lipinski definition) is 0. The summed E-state index contributed by atoms with van der Waals surface area (Å²) in [5.41, 5.74) is 0. The lowest BCUT2D eigenvalue weighted by Gasteiger charge is -2.18. The molecule has 0 fully saturated rings. The van der Waals surface area contributed by atoms with Gasteiger partial charge in [-0.25, -0.2) is 0 Å². The van der Waals surface area contributed by atoms with Gasteiger partial charge in [0.25, 0.3) is 0 Å². The number of carbonyl (C=O) groups excluding carboxylic acids is 3. The molecule has 6 nitrogen and oxygen atoms in total. The summed E-state index contributed by atoms with van der Waals surface area (Å²) in [7, 11) is 0. The molecule has 0 aliphatic rings. The highest BCUT2D eigenvalue weighted by atomic mass is 16.6. The first-order valence-corrected chi connectivity index (χ1v) is 20.6. The summed E-state index contributed by atoms with van der Waals surface area (Å²) in [6, 6.07) is 0. The van der Waals surface area contributed by atoms with Crippen LogP contribution in [0.1, 0.15) is 215 Å². The minimum absolute atomic E-state index is 0.0687. The molecular weight excluding hydrogens is 600 g/mol. The summed E-state index contributed by atoms with van der Waals surface area (Å²) in [5.74, 6) is 1.50. The first-order chi connectivity index (χ1) is 23.1. The number of carbonyl (C=O) groups is 3. The van der Waals surface area contributed by atoms with Crippen LogP contribution >= 0.6 is 0 Å². The first kappa shape index (κ1) is 46.4. The van der Waals surface area contributed by atoms with Crippen LogP contribution in [-0.2, 0) is 28.6 Å². The predicted molar refractivity (Wildman–Crippen MR) is 201 cm³/mol. The van der Waals surface area contributed by atoms with E-state index in [1.54, 1.807) is 0 Å². The second-order valence-corrected chi connectivity index (χ2v) is 15.5. The van der Waals surface area contributed by atoms with E-state index >= 15 is 0 Å². The normalized spacial score (nSPS) is 12.8. The van der Waals surface area contributed by atoms with Crippen molar-refractivity contribution in [2.75, 3.05) is 13.2 Å². The van der Waals surface area contributed by atoms with Crippen molar-refractivity contribution in [2.45, 2.75) is 221 Å². The van der Waals surface area contributed by atoms with Crippen molar-refractivity contribution >= 4 is 17.9 Å². The van der Waals surface area contributed by atoms with E-state index in [1.165, 1.54) is 96.3 Å². The largest absolute Gasteiger partial charge is 0.462 e. The molecule has 0 saturated heterocycles. The van der Waals surface area contributed by atoms with Crippen molar-refractivity contribution in [3.63, 3.8) is 0 Å². The maximum Gasteiger partial charge on any atom is 0.306 e. The van der Waals surface area contributed by atoms with Crippen LogP contribution in [0.3, 0.4) is 0 Å². The average molecular weight is 681 g/mol. The second kappa shape index (κ2) is 33.9. The van der Waals surface area contributed by atoms with Crippen LogP contribution in [0.4, 0.5) is 0 Å². The van der Waals surface area contributed by atoms with E-state index in [2.05, 4.69) is 41.5 Å². The van der Waals surface area contributed by atoms with E-state index in [0.717, 1.165) is 75.5 Å². The standard InChI is InChI=1S/C42H80O6/c1-7-38(6)30-24-18-14-15-20-26-32-41(44)47-35-39(48-42(45)33-27-21-13-9-11-17-23-29-37(4)5)34-46-40(43)31-25-19-12-8-10-16-22-28-36(2)3/h36-39H,7-35H2,1-6H3/t38?,39-/m0/s1. The maximum atomic E-state index is 12.6. The number of esters is 3. The quantitative estimate of drug-likeness (QED) is 0.0376. The van der Waals surface area contributed by atoms with Gasteiger partial charge in [0, 0.05) is 19.3 Å². The third-order valence-corrected chi connectivity index (χ3v) is 9.51. The molecule has 0 aromatic carbocycles. The molecular formula is C42H80O6. The Balaban J connectivity index is 4.38. The highest BCUT2D eigenvalue weighted by Crippen LogP contribution is 2.16. The number of hydrogen-bond acceptors (Lipinski definition) is 6. The van der Waals surface area contributed by atoms with Crippen molar-refractivity contribution in [1.29, 1.82) is 0 Å². The molecule has 0 bridgehead atoms. The summed E-state index contributed by atoms with van der Waals surface area (Å²) < 4.78 is 16.6. The van der Waals surface area contributed by atoms with Crippen molar-refractivity contribution in [1.82, 2.24) is 0 Å². The van der Waals surface area contributed by atoms with Crippen LogP contribution in [0.5, 0.6) is 0 Å². The minimum Gasteiger partial charge on any atom is -0.462 e. The van der Waals surface area contributed by atoms with Gasteiger partial charge in [-0.2, -0.15) is 0 Å². The molecule has 0 heterocycles. The van der Waals surface area contributed by atoms with Gasteiger partial charge in [-0.15, -0.1) is 0 Å². The lowest BCUT2D eigenvalue weighted by Crippen LogP contribution is -2.30. The molecule has 0 radical (unpaired) electrons. The molecule has 6 heteroatoms. The summed E-state index contributed by atoms with van der Waals surface area (Å²) in [6.07, 6.45) is 28.2. The SMILES string of the molecule is CCC(C)CCCCCCCCC(=O)OC[C@H](COC(=O)CCCCCCCCCC(C)C)OC(=O)CCCCCCCCCC(C)C. The molecule has 0 spiro atoms. The minimum atomic E-state index is -0.761. The number of rotatable bonds is 35. The third-order valence-electron chi connectivity index (χ3n) is 9.51. The van der Waals surface area contributed by atoms with E-state index in [1.807, 2.05) is 0 Å². The van der Waals surface area contributed by atoms with Crippen molar-refractivity contribution in [3.05, 3.63) is 0 Å². The molecule has 1 unspecified atom stereocenters.